The summed E-state index contributed by atoms with van der Waals surface area (Å²) in [5.41, 5.74) is 5.80. The molecule has 0 amide bonds. The van der Waals surface area contributed by atoms with E-state index in [1.54, 1.807) is 0 Å². The number of nitrogen functional groups attached to an aromatic ring is 1. The summed E-state index contributed by atoms with van der Waals surface area (Å²) in [5, 5.41) is 17.8. The minimum Gasteiger partial charge on any atom is -0.478 e. The van der Waals surface area contributed by atoms with Gasteiger partial charge in [-0.1, -0.05) is 0 Å². The molecule has 5 nitrogen and oxygen atoms in total. The maximum Gasteiger partial charge on any atom is 0.338 e. The standard InChI is InChI=1S/C8H10N2O3S/c9-5-3-6(8(12)13)7(10-4-5)14-2-1-11/h3-4,11H,1-2,9H2,(H,12,13). The summed E-state index contributed by atoms with van der Waals surface area (Å²) in [5.74, 6) is -0.651. The van der Waals surface area contributed by atoms with Gasteiger partial charge in [-0.25, -0.2) is 9.78 Å². The van der Waals surface area contributed by atoms with Crippen LogP contribution >= 0.6 is 11.8 Å². The number of carbonyl (C=O) groups is 1. The van der Waals surface area contributed by atoms with Crippen LogP contribution in [0.25, 0.3) is 0 Å². The van der Waals surface area contributed by atoms with E-state index in [1.807, 2.05) is 0 Å². The average molecular weight is 214 g/mol. The van der Waals surface area contributed by atoms with Crippen molar-refractivity contribution in [2.75, 3.05) is 18.1 Å². The minimum atomic E-state index is -1.06. The van der Waals surface area contributed by atoms with E-state index in [9.17, 15) is 4.79 Å². The molecule has 0 spiro atoms. The summed E-state index contributed by atoms with van der Waals surface area (Å²) >= 11 is 1.19. The van der Waals surface area contributed by atoms with Gasteiger partial charge in [-0.15, -0.1) is 11.8 Å². The normalized spacial score (nSPS) is 10.1. The quantitative estimate of drug-likeness (QED) is 0.629. The van der Waals surface area contributed by atoms with Crippen LogP contribution in [0.3, 0.4) is 0 Å². The van der Waals surface area contributed by atoms with E-state index in [4.69, 9.17) is 15.9 Å². The van der Waals surface area contributed by atoms with Gasteiger partial charge in [0.1, 0.15) is 5.03 Å². The van der Waals surface area contributed by atoms with Crippen molar-refractivity contribution in [1.82, 2.24) is 4.98 Å². The minimum absolute atomic E-state index is 0.0181. The van der Waals surface area contributed by atoms with Crippen LogP contribution in [-0.4, -0.2) is 33.5 Å². The lowest BCUT2D eigenvalue weighted by atomic mass is 10.3. The number of aromatic nitrogens is 1. The predicted octanol–water partition coefficient (Wildman–Crippen LogP) is 0.446. The first-order valence-electron chi connectivity index (χ1n) is 3.87. The Kier molecular flexibility index (Phi) is 3.73. The van der Waals surface area contributed by atoms with E-state index in [-0.39, 0.29) is 12.2 Å². The third kappa shape index (κ3) is 2.61. The highest BCUT2D eigenvalue weighted by Gasteiger charge is 2.11. The Balaban J connectivity index is 2.96. The Hall–Kier alpha value is -1.27. The van der Waals surface area contributed by atoms with Gasteiger partial charge in [0.25, 0.3) is 0 Å². The summed E-state index contributed by atoms with van der Waals surface area (Å²) in [6, 6.07) is 1.36. The molecule has 0 atom stereocenters. The van der Waals surface area contributed by atoms with Gasteiger partial charge in [0.2, 0.25) is 0 Å². The molecule has 14 heavy (non-hydrogen) atoms. The molecule has 1 rings (SSSR count). The predicted molar refractivity (Wildman–Crippen MR) is 53.4 cm³/mol. The van der Waals surface area contributed by atoms with E-state index in [2.05, 4.69) is 4.98 Å². The highest BCUT2D eigenvalue weighted by molar-refractivity contribution is 7.99. The van der Waals surface area contributed by atoms with Crippen molar-refractivity contribution in [3.8, 4) is 0 Å². The highest BCUT2D eigenvalue weighted by atomic mass is 32.2. The second-order valence-corrected chi connectivity index (χ2v) is 3.58. The van der Waals surface area contributed by atoms with Crippen molar-refractivity contribution in [3.63, 3.8) is 0 Å². The zero-order valence-corrected chi connectivity index (χ0v) is 8.12. The van der Waals surface area contributed by atoms with Crippen LogP contribution in [0.4, 0.5) is 5.69 Å². The topological polar surface area (TPSA) is 96.4 Å². The van der Waals surface area contributed by atoms with Crippen molar-refractivity contribution < 1.29 is 15.0 Å². The molecule has 4 N–H and O–H groups in total. The maximum absolute atomic E-state index is 10.8. The number of hydrogen-bond donors (Lipinski definition) is 3. The molecule has 0 radical (unpaired) electrons. The van der Waals surface area contributed by atoms with E-state index in [0.717, 1.165) is 0 Å². The van der Waals surface area contributed by atoms with Gasteiger partial charge in [-0.3, -0.25) is 0 Å². The second-order valence-electron chi connectivity index (χ2n) is 2.50. The number of nitrogens with two attached hydrogens (primary N) is 1. The molecule has 0 saturated heterocycles. The van der Waals surface area contributed by atoms with Gasteiger partial charge in [-0.05, 0) is 6.07 Å². The van der Waals surface area contributed by atoms with Gasteiger partial charge >= 0.3 is 5.97 Å². The van der Waals surface area contributed by atoms with Crippen LogP contribution < -0.4 is 5.73 Å². The molecule has 0 aliphatic carbocycles. The van der Waals surface area contributed by atoms with Crippen molar-refractivity contribution in [3.05, 3.63) is 17.8 Å². The number of carboxylic acid groups (broad SMARTS) is 1. The van der Waals surface area contributed by atoms with Crippen LogP contribution in [0.15, 0.2) is 17.3 Å². The number of nitrogens with zero attached hydrogens (tertiary/aromatic N) is 1. The summed E-state index contributed by atoms with van der Waals surface area (Å²) < 4.78 is 0. The Labute approximate surface area is 85.0 Å². The molecule has 0 bridgehead atoms. The van der Waals surface area contributed by atoms with Crippen molar-refractivity contribution >= 4 is 23.4 Å². The molecule has 0 saturated carbocycles. The Bertz CT molecular complexity index is 343. The number of aromatic carboxylic acids is 1. The molecule has 0 unspecified atom stereocenters. The molecular weight excluding hydrogens is 204 g/mol. The number of carboxylic acids is 1. The molecule has 6 heteroatoms. The van der Waals surface area contributed by atoms with Gasteiger partial charge < -0.3 is 15.9 Å². The van der Waals surface area contributed by atoms with E-state index < -0.39 is 5.97 Å². The molecular formula is C8H10N2O3S. The Morgan fingerprint density at radius 1 is 1.64 bits per heavy atom. The fraction of sp³-hybridized carbons (Fsp3) is 0.250. The monoisotopic (exact) mass is 214 g/mol. The molecule has 0 aliphatic heterocycles. The largest absolute Gasteiger partial charge is 0.478 e. The zero-order chi connectivity index (χ0) is 10.6. The number of thioether (sulfide) groups is 1. The van der Waals surface area contributed by atoms with Crippen LogP contribution in [0.1, 0.15) is 10.4 Å². The third-order valence-electron chi connectivity index (χ3n) is 1.43. The lowest BCUT2D eigenvalue weighted by Crippen LogP contribution is -2.03. The maximum atomic E-state index is 10.8. The summed E-state index contributed by atoms with van der Waals surface area (Å²) in [6.45, 7) is -0.0181. The van der Waals surface area contributed by atoms with Crippen molar-refractivity contribution in [2.45, 2.75) is 5.03 Å². The number of pyridine rings is 1. The average Bonchev–Trinajstić information content (AvgIpc) is 2.15. The van der Waals surface area contributed by atoms with Gasteiger partial charge in [0.15, 0.2) is 0 Å². The molecule has 1 heterocycles. The lowest BCUT2D eigenvalue weighted by molar-refractivity contribution is 0.0692. The summed E-state index contributed by atoms with van der Waals surface area (Å²) in [7, 11) is 0. The molecule has 0 aliphatic rings. The van der Waals surface area contributed by atoms with Crippen molar-refractivity contribution in [2.24, 2.45) is 0 Å². The Morgan fingerprint density at radius 2 is 2.36 bits per heavy atom. The first kappa shape index (κ1) is 10.8. The summed E-state index contributed by atoms with van der Waals surface area (Å²) in [6.07, 6.45) is 1.39. The second kappa shape index (κ2) is 4.83. The van der Waals surface area contributed by atoms with Gasteiger partial charge in [-0.2, -0.15) is 0 Å². The van der Waals surface area contributed by atoms with Crippen molar-refractivity contribution in [1.29, 1.82) is 0 Å². The molecule has 1 aromatic heterocycles. The smallest absolute Gasteiger partial charge is 0.338 e. The Morgan fingerprint density at radius 3 is 2.93 bits per heavy atom. The fourth-order valence-corrected chi connectivity index (χ4v) is 1.59. The third-order valence-corrected chi connectivity index (χ3v) is 2.42. The van der Waals surface area contributed by atoms with Crippen LogP contribution in [0, 0.1) is 0 Å². The first-order chi connectivity index (χ1) is 6.65. The molecule has 76 valence electrons. The highest BCUT2D eigenvalue weighted by Crippen LogP contribution is 2.21. The van der Waals surface area contributed by atoms with Crippen LogP contribution in [0.5, 0.6) is 0 Å². The van der Waals surface area contributed by atoms with E-state index >= 15 is 0 Å². The number of aliphatic hydroxyl groups is 1. The van der Waals surface area contributed by atoms with E-state index in [1.165, 1.54) is 24.0 Å². The lowest BCUT2D eigenvalue weighted by Gasteiger charge is -2.04. The van der Waals surface area contributed by atoms with Gasteiger partial charge in [0, 0.05) is 5.75 Å². The number of rotatable bonds is 4. The number of hydrogen-bond acceptors (Lipinski definition) is 5. The van der Waals surface area contributed by atoms with Crippen LogP contribution in [0.2, 0.25) is 0 Å². The molecule has 0 aromatic carbocycles. The summed E-state index contributed by atoms with van der Waals surface area (Å²) in [4.78, 5) is 14.6. The zero-order valence-electron chi connectivity index (χ0n) is 7.30. The SMILES string of the molecule is Nc1cnc(SCCO)c(C(=O)O)c1. The molecule has 1 aromatic rings. The number of anilines is 1. The molecule has 0 fully saturated rings. The first-order valence-corrected chi connectivity index (χ1v) is 4.86. The van der Waals surface area contributed by atoms with E-state index in [0.29, 0.717) is 16.5 Å². The number of aliphatic hydroxyl groups excluding tert-OH is 1. The fourth-order valence-electron chi connectivity index (χ4n) is 0.879. The van der Waals surface area contributed by atoms with Crippen LogP contribution in [-0.2, 0) is 0 Å². The van der Waals surface area contributed by atoms with Gasteiger partial charge in [0.05, 0.1) is 24.1 Å².